The molecule has 0 N–H and O–H groups in total. The van der Waals surface area contributed by atoms with Crippen LogP contribution in [0.2, 0.25) is 0 Å². The molecule has 0 saturated heterocycles. The van der Waals surface area contributed by atoms with Crippen LogP contribution in [-0.2, 0) is 7.05 Å². The summed E-state index contributed by atoms with van der Waals surface area (Å²) in [6.07, 6.45) is 1.90. The number of ketones is 1. The molecule has 0 spiro atoms. The third-order valence-electron chi connectivity index (χ3n) is 3.03. The third kappa shape index (κ3) is 2.48. The van der Waals surface area contributed by atoms with Gasteiger partial charge in [0, 0.05) is 29.7 Å². The number of para-hydroxylation sites is 1. The van der Waals surface area contributed by atoms with Gasteiger partial charge in [0.15, 0.2) is 10.1 Å². The van der Waals surface area contributed by atoms with Crippen molar-refractivity contribution in [1.29, 1.82) is 0 Å². The van der Waals surface area contributed by atoms with E-state index < -0.39 is 0 Å². The fraction of sp³-hybridized carbons (Fsp3) is 0.214. The molecule has 0 unspecified atom stereocenters. The van der Waals surface area contributed by atoms with E-state index in [-0.39, 0.29) is 5.78 Å². The van der Waals surface area contributed by atoms with Crippen molar-refractivity contribution in [2.24, 2.45) is 7.05 Å². The first-order valence-corrected chi connectivity index (χ1v) is 7.95. The summed E-state index contributed by atoms with van der Waals surface area (Å²) < 4.78 is 2.83. The minimum atomic E-state index is 0.125. The highest BCUT2D eigenvalue weighted by Gasteiger charge is 2.14. The van der Waals surface area contributed by atoms with E-state index in [1.807, 2.05) is 49.0 Å². The maximum absolute atomic E-state index is 12.4. The van der Waals surface area contributed by atoms with Crippen LogP contribution in [0.25, 0.3) is 10.9 Å². The predicted molar refractivity (Wildman–Crippen MR) is 82.6 cm³/mol. The lowest BCUT2D eigenvalue weighted by Gasteiger charge is -1.97. The Morgan fingerprint density at radius 1 is 1.35 bits per heavy atom. The number of benzene rings is 1. The largest absolute Gasteiger partial charge is 0.350 e. The number of carbonyl (C=O) groups excluding carboxylic acids is 1. The summed E-state index contributed by atoms with van der Waals surface area (Å²) in [5, 5.41) is 9.91. The zero-order valence-corrected chi connectivity index (χ0v) is 12.8. The number of thioether (sulfide) groups is 1. The quantitative estimate of drug-likeness (QED) is 0.548. The van der Waals surface area contributed by atoms with E-state index in [0.29, 0.717) is 5.75 Å². The summed E-state index contributed by atoms with van der Waals surface area (Å²) in [7, 11) is 1.96. The van der Waals surface area contributed by atoms with Gasteiger partial charge in [-0.15, -0.1) is 10.2 Å². The van der Waals surface area contributed by atoms with Crippen molar-refractivity contribution in [2.75, 3.05) is 5.75 Å². The Morgan fingerprint density at radius 3 is 2.90 bits per heavy atom. The molecule has 0 radical (unpaired) electrons. The number of hydrogen-bond donors (Lipinski definition) is 0. The topological polar surface area (TPSA) is 47.8 Å². The first kappa shape index (κ1) is 13.3. The van der Waals surface area contributed by atoms with Crippen molar-refractivity contribution in [2.45, 2.75) is 11.3 Å². The Labute approximate surface area is 124 Å². The molecule has 102 valence electrons. The number of fused-ring (bicyclic) bond motifs is 1. The maximum atomic E-state index is 12.4. The Bertz CT molecular complexity index is 776. The van der Waals surface area contributed by atoms with E-state index in [0.717, 1.165) is 25.8 Å². The van der Waals surface area contributed by atoms with Crippen LogP contribution in [0.5, 0.6) is 0 Å². The molecule has 1 aromatic carbocycles. The third-order valence-corrected chi connectivity index (χ3v) is 5.00. The fourth-order valence-corrected chi connectivity index (χ4v) is 3.80. The van der Waals surface area contributed by atoms with Gasteiger partial charge in [0.2, 0.25) is 0 Å². The predicted octanol–water partition coefficient (Wildman–Crippen LogP) is 3.31. The fourth-order valence-electron chi connectivity index (χ4n) is 2.11. The van der Waals surface area contributed by atoms with E-state index in [1.54, 1.807) is 0 Å². The molecule has 20 heavy (non-hydrogen) atoms. The molecule has 0 atom stereocenters. The zero-order valence-electron chi connectivity index (χ0n) is 11.2. The standard InChI is InChI=1S/C14H13N3OS2/c1-9-15-16-14(20-9)19-8-13(18)11-7-17(2)12-6-4-3-5-10(11)12/h3-7H,8H2,1-2H3. The van der Waals surface area contributed by atoms with Crippen LogP contribution in [0.3, 0.4) is 0 Å². The van der Waals surface area contributed by atoms with Crippen LogP contribution < -0.4 is 0 Å². The van der Waals surface area contributed by atoms with Gasteiger partial charge in [0.05, 0.1) is 5.75 Å². The number of Topliss-reactive ketones (excluding diaryl/α,β-unsaturated/α-hetero) is 1. The van der Waals surface area contributed by atoms with Gasteiger partial charge in [-0.2, -0.15) is 0 Å². The van der Waals surface area contributed by atoms with Crippen LogP contribution >= 0.6 is 23.1 Å². The van der Waals surface area contributed by atoms with Crippen LogP contribution in [-0.4, -0.2) is 26.3 Å². The molecule has 3 aromatic rings. The van der Waals surface area contributed by atoms with E-state index in [1.165, 1.54) is 23.1 Å². The molecular weight excluding hydrogens is 290 g/mol. The maximum Gasteiger partial charge on any atom is 0.175 e. The van der Waals surface area contributed by atoms with Crippen LogP contribution in [0.4, 0.5) is 0 Å². The van der Waals surface area contributed by atoms with Gasteiger partial charge >= 0.3 is 0 Å². The number of aryl methyl sites for hydroxylation is 2. The Morgan fingerprint density at radius 2 is 2.15 bits per heavy atom. The zero-order chi connectivity index (χ0) is 14.1. The molecule has 2 aromatic heterocycles. The Hall–Kier alpha value is -1.66. The molecule has 0 aliphatic rings. The van der Waals surface area contributed by atoms with Crippen molar-refractivity contribution in [3.63, 3.8) is 0 Å². The van der Waals surface area contributed by atoms with E-state index >= 15 is 0 Å². The number of carbonyl (C=O) groups is 1. The van der Waals surface area contributed by atoms with Crippen LogP contribution in [0.15, 0.2) is 34.8 Å². The summed E-state index contributed by atoms with van der Waals surface area (Å²) in [4.78, 5) is 12.4. The minimum absolute atomic E-state index is 0.125. The SMILES string of the molecule is Cc1nnc(SCC(=O)c2cn(C)c3ccccc23)s1. The molecule has 0 aliphatic carbocycles. The van der Waals surface area contributed by atoms with Crippen molar-refractivity contribution in [1.82, 2.24) is 14.8 Å². The molecule has 4 nitrogen and oxygen atoms in total. The first-order chi connectivity index (χ1) is 9.65. The lowest BCUT2D eigenvalue weighted by Crippen LogP contribution is -2.01. The van der Waals surface area contributed by atoms with Gasteiger partial charge < -0.3 is 4.57 Å². The summed E-state index contributed by atoms with van der Waals surface area (Å²) >= 11 is 2.97. The number of nitrogens with zero attached hydrogens (tertiary/aromatic N) is 3. The summed E-state index contributed by atoms with van der Waals surface area (Å²) in [6.45, 7) is 1.91. The smallest absolute Gasteiger partial charge is 0.175 e. The van der Waals surface area contributed by atoms with Gasteiger partial charge in [0.25, 0.3) is 0 Å². The molecule has 0 aliphatic heterocycles. The summed E-state index contributed by atoms with van der Waals surface area (Å²) in [5.41, 5.74) is 1.85. The number of aromatic nitrogens is 3. The van der Waals surface area contributed by atoms with Crippen molar-refractivity contribution < 1.29 is 4.79 Å². The lowest BCUT2D eigenvalue weighted by atomic mass is 10.1. The molecule has 3 rings (SSSR count). The van der Waals surface area contributed by atoms with Crippen LogP contribution in [0.1, 0.15) is 15.4 Å². The Kier molecular flexibility index (Phi) is 3.58. The monoisotopic (exact) mass is 303 g/mol. The molecular formula is C14H13N3OS2. The van der Waals surface area contributed by atoms with E-state index in [9.17, 15) is 4.79 Å². The summed E-state index contributed by atoms with van der Waals surface area (Å²) in [5.74, 6) is 0.516. The van der Waals surface area contributed by atoms with Crippen molar-refractivity contribution in [3.8, 4) is 0 Å². The highest BCUT2D eigenvalue weighted by Crippen LogP contribution is 2.25. The molecule has 6 heteroatoms. The second-order valence-corrected chi connectivity index (χ2v) is 6.87. The lowest BCUT2D eigenvalue weighted by molar-refractivity contribution is 0.102. The van der Waals surface area contributed by atoms with E-state index in [2.05, 4.69) is 10.2 Å². The molecule has 0 fully saturated rings. The molecule has 0 amide bonds. The van der Waals surface area contributed by atoms with Gasteiger partial charge in [-0.25, -0.2) is 0 Å². The van der Waals surface area contributed by atoms with Crippen LogP contribution in [0, 0.1) is 6.92 Å². The van der Waals surface area contributed by atoms with Gasteiger partial charge in [-0.05, 0) is 13.0 Å². The number of rotatable bonds is 4. The van der Waals surface area contributed by atoms with Crippen molar-refractivity contribution in [3.05, 3.63) is 41.0 Å². The molecule has 2 heterocycles. The van der Waals surface area contributed by atoms with Gasteiger partial charge in [-0.3, -0.25) is 4.79 Å². The van der Waals surface area contributed by atoms with Gasteiger partial charge in [-0.1, -0.05) is 41.3 Å². The Balaban J connectivity index is 1.82. The average molecular weight is 303 g/mol. The molecule has 0 saturated carbocycles. The summed E-state index contributed by atoms with van der Waals surface area (Å²) in [6, 6.07) is 7.95. The normalized spacial score (nSPS) is 11.1. The first-order valence-electron chi connectivity index (χ1n) is 6.15. The molecule has 0 bridgehead atoms. The highest BCUT2D eigenvalue weighted by molar-refractivity contribution is 8.01. The second kappa shape index (κ2) is 5.38. The van der Waals surface area contributed by atoms with E-state index in [4.69, 9.17) is 0 Å². The number of hydrogen-bond acceptors (Lipinski definition) is 5. The van der Waals surface area contributed by atoms with Crippen molar-refractivity contribution >= 4 is 39.8 Å². The highest BCUT2D eigenvalue weighted by atomic mass is 32.2. The minimum Gasteiger partial charge on any atom is -0.350 e. The van der Waals surface area contributed by atoms with Gasteiger partial charge in [0.1, 0.15) is 5.01 Å². The average Bonchev–Trinajstić information content (AvgIpc) is 3.01. The second-order valence-electron chi connectivity index (χ2n) is 4.47.